The van der Waals surface area contributed by atoms with Crippen LogP contribution in [0.15, 0.2) is 152 Å². The van der Waals surface area contributed by atoms with Crippen molar-refractivity contribution in [3.63, 3.8) is 0 Å². The van der Waals surface area contributed by atoms with E-state index in [-0.39, 0.29) is 0 Å². The third kappa shape index (κ3) is 3.69. The number of hydrogen-bond acceptors (Lipinski definition) is 0. The van der Waals surface area contributed by atoms with Crippen LogP contribution in [0.5, 0.6) is 0 Å². The lowest BCUT2D eigenvalue weighted by Crippen LogP contribution is -1.89. The average molecular weight is 506 g/mol. The zero-order valence-electron chi connectivity index (χ0n) is 21.9. The Bertz CT molecular complexity index is 2200. The Labute approximate surface area is 233 Å². The fourth-order valence-electron chi connectivity index (χ4n) is 6.22. The van der Waals surface area contributed by atoms with Gasteiger partial charge in [0.1, 0.15) is 0 Å². The second-order valence-corrected chi connectivity index (χ2v) is 10.5. The molecule has 0 nitrogen and oxygen atoms in total. The van der Waals surface area contributed by atoms with Gasteiger partial charge < -0.3 is 0 Å². The van der Waals surface area contributed by atoms with E-state index in [1.807, 2.05) is 6.07 Å². The standard InChI is InChI=1S/C40H25/c1-3-11-33-28(9-1)21-22-32-25-30(23-24-36(32)33)27-17-19-29(20-18-27)34-12-5-6-15-38(34)40-26-31-10-2-4-13-35(31)37-14-7-8-16-39(37)40/h1-5,7-26H. The Morgan fingerprint density at radius 3 is 1.73 bits per heavy atom. The minimum absolute atomic E-state index is 1.20. The van der Waals surface area contributed by atoms with E-state index < -0.39 is 0 Å². The van der Waals surface area contributed by atoms with Crippen molar-refractivity contribution in [2.75, 3.05) is 0 Å². The van der Waals surface area contributed by atoms with Crippen LogP contribution in [0.4, 0.5) is 0 Å². The van der Waals surface area contributed by atoms with Crippen LogP contribution in [0.1, 0.15) is 0 Å². The molecule has 0 aromatic heterocycles. The van der Waals surface area contributed by atoms with Gasteiger partial charge in [0, 0.05) is 0 Å². The van der Waals surface area contributed by atoms with Gasteiger partial charge in [0.15, 0.2) is 0 Å². The Kier molecular flexibility index (Phi) is 5.24. The molecule has 0 atom stereocenters. The average Bonchev–Trinajstić information content (AvgIpc) is 3.04. The highest BCUT2D eigenvalue weighted by Gasteiger charge is 2.13. The minimum Gasteiger partial charge on any atom is -0.0616 e. The van der Waals surface area contributed by atoms with E-state index in [4.69, 9.17) is 0 Å². The Morgan fingerprint density at radius 1 is 0.325 bits per heavy atom. The second-order valence-electron chi connectivity index (χ2n) is 10.5. The van der Waals surface area contributed by atoms with Crippen LogP contribution in [0, 0.1) is 6.07 Å². The van der Waals surface area contributed by atoms with Crippen molar-refractivity contribution >= 4 is 43.1 Å². The number of hydrogen-bond donors (Lipinski definition) is 0. The predicted octanol–water partition coefficient (Wildman–Crippen LogP) is 11.1. The van der Waals surface area contributed by atoms with Crippen LogP contribution in [0.2, 0.25) is 0 Å². The lowest BCUT2D eigenvalue weighted by Gasteiger charge is -2.15. The normalized spacial score (nSPS) is 11.5. The molecule has 0 amide bonds. The molecule has 0 heteroatoms. The summed E-state index contributed by atoms with van der Waals surface area (Å²) in [5.41, 5.74) is 7.32. The maximum absolute atomic E-state index is 3.35. The summed E-state index contributed by atoms with van der Waals surface area (Å²) in [4.78, 5) is 0. The van der Waals surface area contributed by atoms with E-state index in [1.165, 1.54) is 76.5 Å². The molecule has 0 spiro atoms. The molecule has 0 N–H and O–H groups in total. The fourth-order valence-corrected chi connectivity index (χ4v) is 6.22. The van der Waals surface area contributed by atoms with Crippen molar-refractivity contribution in [2.45, 2.75) is 0 Å². The van der Waals surface area contributed by atoms with Gasteiger partial charge in [0.2, 0.25) is 0 Å². The molecule has 0 fully saturated rings. The minimum atomic E-state index is 1.20. The molecule has 0 aliphatic rings. The summed E-state index contributed by atoms with van der Waals surface area (Å²) in [7, 11) is 0. The SMILES string of the molecule is [c]1ccc(-c2ccc(-c3ccc4c(ccc5ccccc54)c3)cc2)c(-c2cc3ccccc3c3ccccc23)c1. The molecule has 0 unspecified atom stereocenters. The number of fused-ring (bicyclic) bond motifs is 6. The maximum Gasteiger partial charge on any atom is -0.00926 e. The zero-order valence-corrected chi connectivity index (χ0v) is 21.9. The summed E-state index contributed by atoms with van der Waals surface area (Å²) in [5, 5.41) is 10.2. The first-order valence-electron chi connectivity index (χ1n) is 13.8. The summed E-state index contributed by atoms with van der Waals surface area (Å²) in [6, 6.07) is 58.3. The van der Waals surface area contributed by atoms with Crippen molar-refractivity contribution in [3.8, 4) is 33.4 Å². The largest absolute Gasteiger partial charge is 0.0616 e. The van der Waals surface area contributed by atoms with Gasteiger partial charge in [-0.3, -0.25) is 0 Å². The molecule has 0 aliphatic heterocycles. The van der Waals surface area contributed by atoms with Crippen molar-refractivity contribution in [3.05, 3.63) is 158 Å². The van der Waals surface area contributed by atoms with Gasteiger partial charge >= 0.3 is 0 Å². The third-order valence-electron chi connectivity index (χ3n) is 8.20. The van der Waals surface area contributed by atoms with E-state index in [1.54, 1.807) is 0 Å². The van der Waals surface area contributed by atoms with Crippen LogP contribution in [-0.2, 0) is 0 Å². The van der Waals surface area contributed by atoms with E-state index in [0.717, 1.165) is 0 Å². The lowest BCUT2D eigenvalue weighted by atomic mass is 9.88. The first-order valence-corrected chi connectivity index (χ1v) is 13.8. The van der Waals surface area contributed by atoms with E-state index >= 15 is 0 Å². The lowest BCUT2D eigenvalue weighted by molar-refractivity contribution is 1.59. The van der Waals surface area contributed by atoms with Gasteiger partial charge in [-0.25, -0.2) is 0 Å². The zero-order chi connectivity index (χ0) is 26.5. The number of rotatable bonds is 3. The fraction of sp³-hybridized carbons (Fsp3) is 0. The van der Waals surface area contributed by atoms with Crippen LogP contribution >= 0.6 is 0 Å². The molecule has 8 aromatic carbocycles. The van der Waals surface area contributed by atoms with Crippen molar-refractivity contribution in [1.29, 1.82) is 0 Å². The molecule has 185 valence electrons. The first kappa shape index (κ1) is 22.8. The van der Waals surface area contributed by atoms with Gasteiger partial charge in [-0.1, -0.05) is 133 Å². The molecule has 0 heterocycles. The smallest absolute Gasteiger partial charge is 0.00926 e. The van der Waals surface area contributed by atoms with Gasteiger partial charge in [0.25, 0.3) is 0 Å². The highest BCUT2D eigenvalue weighted by molar-refractivity contribution is 6.15. The molecule has 0 aliphatic carbocycles. The van der Waals surface area contributed by atoms with Gasteiger partial charge in [-0.15, -0.1) is 0 Å². The summed E-state index contributed by atoms with van der Waals surface area (Å²) in [5.74, 6) is 0. The Morgan fingerprint density at radius 2 is 0.900 bits per heavy atom. The highest BCUT2D eigenvalue weighted by Crippen LogP contribution is 2.40. The molecule has 0 saturated carbocycles. The molecule has 8 rings (SSSR count). The van der Waals surface area contributed by atoms with Gasteiger partial charge in [-0.2, -0.15) is 0 Å². The van der Waals surface area contributed by atoms with Crippen LogP contribution in [-0.4, -0.2) is 0 Å². The molecule has 8 aromatic rings. The topological polar surface area (TPSA) is 0 Å². The Balaban J connectivity index is 1.23. The van der Waals surface area contributed by atoms with Gasteiger partial charge in [0.05, 0.1) is 0 Å². The molecule has 1 radical (unpaired) electrons. The van der Waals surface area contributed by atoms with Crippen LogP contribution < -0.4 is 0 Å². The molecule has 0 bridgehead atoms. The molecular formula is C40H25. The molecular weight excluding hydrogens is 480 g/mol. The second kappa shape index (κ2) is 9.22. The Hall–Kier alpha value is -5.20. The van der Waals surface area contributed by atoms with E-state index in [9.17, 15) is 0 Å². The molecule has 0 saturated heterocycles. The predicted molar refractivity (Wildman–Crippen MR) is 172 cm³/mol. The quantitative estimate of drug-likeness (QED) is 0.209. The molecule has 40 heavy (non-hydrogen) atoms. The maximum atomic E-state index is 3.35. The number of benzene rings is 8. The van der Waals surface area contributed by atoms with Gasteiger partial charge in [-0.05, 0) is 101 Å². The first-order chi connectivity index (χ1) is 19.8. The summed E-state index contributed by atoms with van der Waals surface area (Å²) in [6.45, 7) is 0. The third-order valence-corrected chi connectivity index (χ3v) is 8.20. The summed E-state index contributed by atoms with van der Waals surface area (Å²) in [6.07, 6.45) is 0. The van der Waals surface area contributed by atoms with Crippen LogP contribution in [0.3, 0.4) is 0 Å². The summed E-state index contributed by atoms with van der Waals surface area (Å²) >= 11 is 0. The van der Waals surface area contributed by atoms with E-state index in [2.05, 4.69) is 152 Å². The van der Waals surface area contributed by atoms with Crippen molar-refractivity contribution in [1.82, 2.24) is 0 Å². The highest BCUT2D eigenvalue weighted by atomic mass is 14.2. The van der Waals surface area contributed by atoms with E-state index in [0.29, 0.717) is 0 Å². The van der Waals surface area contributed by atoms with Crippen molar-refractivity contribution in [2.24, 2.45) is 0 Å². The summed E-state index contributed by atoms with van der Waals surface area (Å²) < 4.78 is 0. The van der Waals surface area contributed by atoms with Crippen molar-refractivity contribution < 1.29 is 0 Å². The van der Waals surface area contributed by atoms with Crippen LogP contribution in [0.25, 0.3) is 76.5 Å². The monoisotopic (exact) mass is 505 g/mol.